The molecule has 3 aliphatic rings. The maximum absolute atomic E-state index is 10.5. The number of rotatable bonds is 4. The maximum Gasteiger partial charge on any atom is 0.137 e. The molecule has 2 aliphatic heterocycles. The van der Waals surface area contributed by atoms with Gasteiger partial charge in [-0.25, -0.2) is 0 Å². The first-order chi connectivity index (χ1) is 11.7. The fourth-order valence-electron chi connectivity index (χ4n) is 5.04. The third-order valence-corrected chi connectivity index (χ3v) is 6.43. The summed E-state index contributed by atoms with van der Waals surface area (Å²) in [7, 11) is 0. The van der Waals surface area contributed by atoms with Crippen molar-refractivity contribution in [2.75, 3.05) is 26.2 Å². The minimum Gasteiger partial charge on any atom is -0.391 e. The lowest BCUT2D eigenvalue weighted by atomic mass is 10.00. The average molecular weight is 333 g/mol. The number of nitrogens with zero attached hydrogens (tertiary/aromatic N) is 3. The number of aliphatic hydroxyl groups is 1. The molecule has 1 N–H and O–H groups in total. The lowest BCUT2D eigenvalue weighted by Gasteiger charge is -2.39. The number of hydrogen-bond acceptors (Lipinski definition) is 5. The largest absolute Gasteiger partial charge is 0.391 e. The van der Waals surface area contributed by atoms with Gasteiger partial charge in [-0.1, -0.05) is 18.0 Å². The second-order valence-electron chi connectivity index (χ2n) is 8.13. The highest BCUT2D eigenvalue weighted by atomic mass is 16.5. The van der Waals surface area contributed by atoms with E-state index in [0.29, 0.717) is 6.04 Å². The average Bonchev–Trinajstić information content (AvgIpc) is 3.31. The first-order valence-corrected chi connectivity index (χ1v) is 9.77. The monoisotopic (exact) mass is 333 g/mol. The van der Waals surface area contributed by atoms with Crippen molar-refractivity contribution in [3.63, 3.8) is 0 Å². The predicted molar refractivity (Wildman–Crippen MR) is 92.9 cm³/mol. The molecule has 1 saturated carbocycles. The zero-order valence-electron chi connectivity index (χ0n) is 14.9. The van der Waals surface area contributed by atoms with Crippen LogP contribution in [-0.2, 0) is 6.42 Å². The molecule has 1 aliphatic carbocycles. The van der Waals surface area contributed by atoms with Crippen LogP contribution in [0.15, 0.2) is 10.6 Å². The standard InChI is InChI=1S/C19H31N3O2/c1-14-10-18(24-20-14)11-15-12-22(13-19(15)23)17-6-8-21(9-7-17)16-4-2-3-5-16/h10,15-17,19,23H,2-9,11-13H2,1H3. The fourth-order valence-corrected chi connectivity index (χ4v) is 5.04. The van der Waals surface area contributed by atoms with E-state index in [4.69, 9.17) is 4.52 Å². The van der Waals surface area contributed by atoms with Gasteiger partial charge in [0.2, 0.25) is 0 Å². The molecule has 1 aromatic heterocycles. The summed E-state index contributed by atoms with van der Waals surface area (Å²) >= 11 is 0. The van der Waals surface area contributed by atoms with Gasteiger partial charge in [-0.3, -0.25) is 4.90 Å². The minimum absolute atomic E-state index is 0.233. The second kappa shape index (κ2) is 7.14. The Morgan fingerprint density at radius 1 is 1.08 bits per heavy atom. The maximum atomic E-state index is 10.5. The molecule has 134 valence electrons. The van der Waals surface area contributed by atoms with E-state index in [9.17, 15) is 5.11 Å². The Morgan fingerprint density at radius 3 is 2.46 bits per heavy atom. The number of piperidine rings is 1. The van der Waals surface area contributed by atoms with Crippen LogP contribution in [0.3, 0.4) is 0 Å². The summed E-state index contributed by atoms with van der Waals surface area (Å²) in [5.41, 5.74) is 0.925. The Labute approximate surface area is 145 Å². The quantitative estimate of drug-likeness (QED) is 0.916. The highest BCUT2D eigenvalue weighted by Gasteiger charge is 2.37. The molecule has 2 saturated heterocycles. The molecule has 4 rings (SSSR count). The van der Waals surface area contributed by atoms with E-state index in [2.05, 4.69) is 15.0 Å². The summed E-state index contributed by atoms with van der Waals surface area (Å²) in [6, 6.07) is 3.51. The Morgan fingerprint density at radius 2 is 1.79 bits per heavy atom. The van der Waals surface area contributed by atoms with Crippen LogP contribution in [0.1, 0.15) is 50.0 Å². The van der Waals surface area contributed by atoms with E-state index in [0.717, 1.165) is 37.0 Å². The van der Waals surface area contributed by atoms with Crippen LogP contribution in [0.25, 0.3) is 0 Å². The van der Waals surface area contributed by atoms with Gasteiger partial charge in [0.05, 0.1) is 11.8 Å². The Bertz CT molecular complexity index is 532. The smallest absolute Gasteiger partial charge is 0.137 e. The Balaban J connectivity index is 1.28. The van der Waals surface area contributed by atoms with Crippen molar-refractivity contribution < 1.29 is 9.63 Å². The number of aromatic nitrogens is 1. The molecule has 5 heteroatoms. The van der Waals surface area contributed by atoms with Crippen LogP contribution < -0.4 is 0 Å². The molecular formula is C19H31N3O2. The molecule has 0 aromatic carbocycles. The van der Waals surface area contributed by atoms with Gasteiger partial charge in [-0.05, 0) is 45.7 Å². The van der Waals surface area contributed by atoms with E-state index in [1.807, 2.05) is 13.0 Å². The van der Waals surface area contributed by atoms with E-state index in [-0.39, 0.29) is 12.0 Å². The van der Waals surface area contributed by atoms with Gasteiger partial charge >= 0.3 is 0 Å². The number of likely N-dealkylation sites (tertiary alicyclic amines) is 2. The van der Waals surface area contributed by atoms with E-state index in [1.54, 1.807) is 0 Å². The van der Waals surface area contributed by atoms with Crippen molar-refractivity contribution in [1.29, 1.82) is 0 Å². The number of aliphatic hydroxyl groups excluding tert-OH is 1. The van der Waals surface area contributed by atoms with Crippen LogP contribution in [0, 0.1) is 12.8 Å². The fraction of sp³-hybridized carbons (Fsp3) is 0.842. The summed E-state index contributed by atoms with van der Waals surface area (Å²) in [6.07, 6.45) is 8.76. The van der Waals surface area contributed by atoms with Gasteiger partial charge in [-0.2, -0.15) is 0 Å². The van der Waals surface area contributed by atoms with Crippen LogP contribution in [-0.4, -0.2) is 64.4 Å². The van der Waals surface area contributed by atoms with Crippen molar-refractivity contribution in [2.24, 2.45) is 5.92 Å². The van der Waals surface area contributed by atoms with Crippen molar-refractivity contribution in [3.05, 3.63) is 17.5 Å². The molecule has 0 amide bonds. The van der Waals surface area contributed by atoms with E-state index < -0.39 is 0 Å². The Kier molecular flexibility index (Phi) is 4.93. The lowest BCUT2D eigenvalue weighted by molar-refractivity contribution is 0.0871. The number of β-amino-alcohol motifs (C(OH)–C–C–N with tert-alkyl or cyclic N) is 1. The first kappa shape index (κ1) is 16.6. The normalized spacial score (nSPS) is 31.2. The number of hydrogen-bond donors (Lipinski definition) is 1. The molecule has 3 fully saturated rings. The van der Waals surface area contributed by atoms with Gasteiger partial charge in [0.25, 0.3) is 0 Å². The minimum atomic E-state index is -0.233. The molecular weight excluding hydrogens is 302 g/mol. The van der Waals surface area contributed by atoms with Crippen molar-refractivity contribution in [3.8, 4) is 0 Å². The summed E-state index contributed by atoms with van der Waals surface area (Å²) in [5, 5.41) is 14.4. The topological polar surface area (TPSA) is 52.7 Å². The van der Waals surface area contributed by atoms with Crippen LogP contribution in [0.4, 0.5) is 0 Å². The van der Waals surface area contributed by atoms with Crippen LogP contribution in [0.2, 0.25) is 0 Å². The molecule has 1 aromatic rings. The zero-order chi connectivity index (χ0) is 16.5. The number of aryl methyl sites for hydroxylation is 1. The zero-order valence-corrected chi connectivity index (χ0v) is 14.9. The van der Waals surface area contributed by atoms with Crippen LogP contribution in [0.5, 0.6) is 0 Å². The molecule has 2 unspecified atom stereocenters. The highest BCUT2D eigenvalue weighted by molar-refractivity contribution is 5.05. The van der Waals surface area contributed by atoms with Crippen molar-refractivity contribution in [1.82, 2.24) is 15.0 Å². The van der Waals surface area contributed by atoms with Gasteiger partial charge in [-0.15, -0.1) is 0 Å². The van der Waals surface area contributed by atoms with Gasteiger partial charge in [0, 0.05) is 43.6 Å². The van der Waals surface area contributed by atoms with E-state index >= 15 is 0 Å². The molecule has 0 spiro atoms. The summed E-state index contributed by atoms with van der Waals surface area (Å²) in [6.45, 7) is 6.26. The van der Waals surface area contributed by atoms with Crippen LogP contribution >= 0.6 is 0 Å². The Hall–Kier alpha value is -0.910. The first-order valence-electron chi connectivity index (χ1n) is 9.77. The third-order valence-electron chi connectivity index (χ3n) is 6.43. The summed E-state index contributed by atoms with van der Waals surface area (Å²) in [4.78, 5) is 5.26. The van der Waals surface area contributed by atoms with Crippen molar-refractivity contribution in [2.45, 2.75) is 70.1 Å². The molecule has 24 heavy (non-hydrogen) atoms. The lowest BCUT2D eigenvalue weighted by Crippen LogP contribution is -2.47. The van der Waals surface area contributed by atoms with Crippen molar-refractivity contribution >= 4 is 0 Å². The van der Waals surface area contributed by atoms with Gasteiger partial charge in [0.1, 0.15) is 5.76 Å². The van der Waals surface area contributed by atoms with Gasteiger partial charge < -0.3 is 14.5 Å². The highest BCUT2D eigenvalue weighted by Crippen LogP contribution is 2.30. The molecule has 0 radical (unpaired) electrons. The second-order valence-corrected chi connectivity index (χ2v) is 8.13. The van der Waals surface area contributed by atoms with E-state index in [1.165, 1.54) is 51.6 Å². The molecule has 5 nitrogen and oxygen atoms in total. The SMILES string of the molecule is Cc1cc(CC2CN(C3CCN(C4CCCC4)CC3)CC2O)on1. The predicted octanol–water partition coefficient (Wildman–Crippen LogP) is 2.23. The molecule has 2 atom stereocenters. The molecule has 3 heterocycles. The molecule has 0 bridgehead atoms. The summed E-state index contributed by atoms with van der Waals surface area (Å²) in [5.74, 6) is 1.19. The van der Waals surface area contributed by atoms with Gasteiger partial charge in [0.15, 0.2) is 0 Å². The third kappa shape index (κ3) is 3.53. The summed E-state index contributed by atoms with van der Waals surface area (Å²) < 4.78 is 5.34.